The van der Waals surface area contributed by atoms with Crippen molar-refractivity contribution >= 4 is 28.3 Å². The summed E-state index contributed by atoms with van der Waals surface area (Å²) >= 11 is 0. The molecule has 150 valence electrons. The molecule has 0 aliphatic carbocycles. The van der Waals surface area contributed by atoms with Crippen molar-refractivity contribution in [3.8, 4) is 0 Å². The molecule has 1 N–H and O–H groups in total. The van der Waals surface area contributed by atoms with E-state index in [0.29, 0.717) is 18.5 Å². The third-order valence-corrected chi connectivity index (χ3v) is 6.89. The lowest BCUT2D eigenvalue weighted by Gasteiger charge is -2.30. The second-order valence-electron chi connectivity index (χ2n) is 8.48. The number of nitrogens with zero attached hydrogens (tertiary/aromatic N) is 1. The molecule has 29 heavy (non-hydrogen) atoms. The highest BCUT2D eigenvalue weighted by Gasteiger charge is 2.72. The Balaban J connectivity index is 1.66. The predicted molar refractivity (Wildman–Crippen MR) is 110 cm³/mol. The number of imide groups is 1. The summed E-state index contributed by atoms with van der Waals surface area (Å²) in [6, 6.07) is 11.7. The molecular formula is C24H25NO4. The number of carbonyl (C=O) groups is 2. The zero-order valence-corrected chi connectivity index (χ0v) is 16.7. The molecule has 2 aromatic carbocycles. The van der Waals surface area contributed by atoms with Crippen LogP contribution >= 0.6 is 0 Å². The Morgan fingerprint density at radius 1 is 0.966 bits per heavy atom. The summed E-state index contributed by atoms with van der Waals surface area (Å²) in [5.41, 5.74) is 0.0985. The van der Waals surface area contributed by atoms with Gasteiger partial charge in [0, 0.05) is 18.4 Å². The van der Waals surface area contributed by atoms with Gasteiger partial charge in [0.1, 0.15) is 11.2 Å². The van der Waals surface area contributed by atoms with Gasteiger partial charge < -0.3 is 9.84 Å². The van der Waals surface area contributed by atoms with E-state index in [4.69, 9.17) is 4.74 Å². The van der Waals surface area contributed by atoms with Crippen molar-refractivity contribution in [3.05, 3.63) is 54.1 Å². The highest BCUT2D eigenvalue weighted by Crippen LogP contribution is 2.60. The lowest BCUT2D eigenvalue weighted by molar-refractivity contribution is -0.130. The minimum atomic E-state index is -0.892. The first-order chi connectivity index (χ1) is 14.0. The summed E-state index contributed by atoms with van der Waals surface area (Å²) in [6.07, 6.45) is 5.73. The molecule has 3 heterocycles. The topological polar surface area (TPSA) is 66.8 Å². The number of rotatable bonds is 5. The molecule has 2 fully saturated rings. The van der Waals surface area contributed by atoms with Gasteiger partial charge >= 0.3 is 0 Å². The number of fused-ring (bicyclic) bond motifs is 6. The standard InChI is InChI=1S/C24H25NO4/c1-3-10-23-11-12-24(29-23,13-14-26)20-19(23)21(27)25(22(20)28)18-9-8-15(2)16-6-4-5-7-17(16)18/h4-9,11-12,19-20,26H,3,10,13-14H2,1-2H3/t19-,20+,23?,24?/m0/s1. The Morgan fingerprint density at radius 3 is 2.21 bits per heavy atom. The van der Waals surface area contributed by atoms with E-state index < -0.39 is 23.0 Å². The van der Waals surface area contributed by atoms with Crippen molar-refractivity contribution in [2.24, 2.45) is 11.8 Å². The first kappa shape index (κ1) is 18.5. The zero-order chi connectivity index (χ0) is 20.4. The number of carbonyl (C=O) groups excluding carboxylic acids is 2. The molecule has 2 saturated heterocycles. The van der Waals surface area contributed by atoms with Gasteiger partial charge in [0.15, 0.2) is 0 Å². The number of amides is 2. The smallest absolute Gasteiger partial charge is 0.241 e. The van der Waals surface area contributed by atoms with E-state index in [0.717, 1.165) is 22.8 Å². The highest BCUT2D eigenvalue weighted by molar-refractivity contribution is 6.26. The number of hydrogen-bond donors (Lipinski definition) is 1. The Morgan fingerprint density at radius 2 is 1.59 bits per heavy atom. The van der Waals surface area contributed by atoms with Gasteiger partial charge in [-0.05, 0) is 30.4 Å². The van der Waals surface area contributed by atoms with Crippen LogP contribution in [0.5, 0.6) is 0 Å². The van der Waals surface area contributed by atoms with Gasteiger partial charge in [-0.2, -0.15) is 0 Å². The molecule has 4 atom stereocenters. The maximum absolute atomic E-state index is 13.7. The minimum Gasteiger partial charge on any atom is -0.396 e. The molecule has 2 unspecified atom stereocenters. The molecule has 5 heteroatoms. The van der Waals surface area contributed by atoms with Crippen molar-refractivity contribution in [1.29, 1.82) is 0 Å². The molecule has 3 aliphatic rings. The first-order valence-electron chi connectivity index (χ1n) is 10.4. The second kappa shape index (κ2) is 6.25. The van der Waals surface area contributed by atoms with Crippen molar-refractivity contribution < 1.29 is 19.4 Å². The number of aliphatic hydroxyl groups is 1. The van der Waals surface area contributed by atoms with Gasteiger partial charge in [-0.15, -0.1) is 0 Å². The Bertz CT molecular complexity index is 1020. The van der Waals surface area contributed by atoms with E-state index in [1.54, 1.807) is 0 Å². The molecule has 2 amide bonds. The monoisotopic (exact) mass is 391 g/mol. The molecule has 0 saturated carbocycles. The SMILES string of the molecule is CCCC12C=CC(CCO)(O1)[C@H]1C(=O)N(c3ccc(C)c4ccccc34)C(=O)[C@H]12. The molecule has 5 nitrogen and oxygen atoms in total. The molecule has 0 radical (unpaired) electrons. The van der Waals surface area contributed by atoms with Gasteiger partial charge in [-0.1, -0.05) is 55.8 Å². The van der Waals surface area contributed by atoms with Crippen molar-refractivity contribution in [3.63, 3.8) is 0 Å². The Labute approximate surface area is 170 Å². The van der Waals surface area contributed by atoms with Crippen LogP contribution < -0.4 is 4.90 Å². The van der Waals surface area contributed by atoms with E-state index in [-0.39, 0.29) is 18.4 Å². The van der Waals surface area contributed by atoms with Gasteiger partial charge in [0.25, 0.3) is 0 Å². The van der Waals surface area contributed by atoms with Crippen LogP contribution in [0.15, 0.2) is 48.6 Å². The largest absolute Gasteiger partial charge is 0.396 e. The van der Waals surface area contributed by atoms with E-state index in [1.807, 2.05) is 55.5 Å². The van der Waals surface area contributed by atoms with Crippen LogP contribution in [0.4, 0.5) is 5.69 Å². The molecule has 0 spiro atoms. The molecular weight excluding hydrogens is 366 g/mol. The van der Waals surface area contributed by atoms with Gasteiger partial charge in [0.05, 0.1) is 17.5 Å². The first-order valence-corrected chi connectivity index (χ1v) is 10.4. The number of aliphatic hydroxyl groups excluding tert-OH is 1. The van der Waals surface area contributed by atoms with Crippen LogP contribution in [-0.4, -0.2) is 34.7 Å². The van der Waals surface area contributed by atoms with Crippen LogP contribution in [0.2, 0.25) is 0 Å². The average Bonchev–Trinajstić information content (AvgIpc) is 3.30. The Kier molecular flexibility index (Phi) is 3.99. The lowest BCUT2D eigenvalue weighted by Crippen LogP contribution is -2.42. The fraction of sp³-hybridized carbons (Fsp3) is 0.417. The van der Waals surface area contributed by atoms with E-state index in [2.05, 4.69) is 6.92 Å². The summed E-state index contributed by atoms with van der Waals surface area (Å²) in [5, 5.41) is 11.6. The summed E-state index contributed by atoms with van der Waals surface area (Å²) in [7, 11) is 0. The quantitative estimate of drug-likeness (QED) is 0.626. The van der Waals surface area contributed by atoms with Crippen LogP contribution in [0.1, 0.15) is 31.7 Å². The average molecular weight is 391 g/mol. The second-order valence-corrected chi connectivity index (χ2v) is 8.48. The summed E-state index contributed by atoms with van der Waals surface area (Å²) in [6.45, 7) is 3.99. The fourth-order valence-corrected chi connectivity index (χ4v) is 5.70. The lowest BCUT2D eigenvalue weighted by atomic mass is 9.69. The fourth-order valence-electron chi connectivity index (χ4n) is 5.70. The molecule has 5 rings (SSSR count). The molecule has 0 aromatic heterocycles. The summed E-state index contributed by atoms with van der Waals surface area (Å²) in [5.74, 6) is -1.53. The van der Waals surface area contributed by atoms with E-state index >= 15 is 0 Å². The summed E-state index contributed by atoms with van der Waals surface area (Å²) in [4.78, 5) is 28.7. The van der Waals surface area contributed by atoms with Crippen LogP contribution in [0.3, 0.4) is 0 Å². The van der Waals surface area contributed by atoms with Crippen molar-refractivity contribution in [2.75, 3.05) is 11.5 Å². The van der Waals surface area contributed by atoms with Crippen molar-refractivity contribution in [1.82, 2.24) is 0 Å². The van der Waals surface area contributed by atoms with Gasteiger partial charge in [-0.25, -0.2) is 4.90 Å². The molecule has 2 aromatic rings. The number of aryl methyl sites for hydroxylation is 1. The third kappa shape index (κ3) is 2.29. The maximum atomic E-state index is 13.7. The predicted octanol–water partition coefficient (Wildman–Crippen LogP) is 3.51. The number of anilines is 1. The van der Waals surface area contributed by atoms with Crippen molar-refractivity contribution in [2.45, 2.75) is 44.3 Å². The van der Waals surface area contributed by atoms with Gasteiger partial charge in [-0.3, -0.25) is 9.59 Å². The van der Waals surface area contributed by atoms with Crippen LogP contribution in [0, 0.1) is 18.8 Å². The van der Waals surface area contributed by atoms with Crippen LogP contribution in [0.25, 0.3) is 10.8 Å². The van der Waals surface area contributed by atoms with E-state index in [9.17, 15) is 14.7 Å². The number of ether oxygens (including phenoxy) is 1. The normalized spacial score (nSPS) is 32.6. The number of benzene rings is 2. The summed E-state index contributed by atoms with van der Waals surface area (Å²) < 4.78 is 6.39. The van der Waals surface area contributed by atoms with E-state index in [1.165, 1.54) is 4.90 Å². The highest BCUT2D eigenvalue weighted by atomic mass is 16.5. The molecule has 3 aliphatic heterocycles. The Hall–Kier alpha value is -2.50. The molecule has 2 bridgehead atoms. The maximum Gasteiger partial charge on any atom is 0.241 e. The third-order valence-electron chi connectivity index (χ3n) is 6.89. The van der Waals surface area contributed by atoms with Gasteiger partial charge in [0.2, 0.25) is 11.8 Å². The zero-order valence-electron chi connectivity index (χ0n) is 16.7. The van der Waals surface area contributed by atoms with Crippen LogP contribution in [-0.2, 0) is 14.3 Å². The minimum absolute atomic E-state index is 0.0926. The number of hydrogen-bond acceptors (Lipinski definition) is 4.